The summed E-state index contributed by atoms with van der Waals surface area (Å²) in [6.45, 7) is 6.92. The van der Waals surface area contributed by atoms with Crippen LogP contribution in [0.3, 0.4) is 0 Å². The zero-order valence-electron chi connectivity index (χ0n) is 16.8. The number of anilines is 2. The van der Waals surface area contributed by atoms with Crippen LogP contribution in [0.1, 0.15) is 50.2 Å². The lowest BCUT2D eigenvalue weighted by Gasteiger charge is -2.28. The molecule has 0 spiro atoms. The van der Waals surface area contributed by atoms with Crippen LogP contribution in [0.2, 0.25) is 0 Å². The van der Waals surface area contributed by atoms with E-state index in [4.69, 9.17) is 4.74 Å². The highest BCUT2D eigenvalue weighted by atomic mass is 16.5. The van der Waals surface area contributed by atoms with Gasteiger partial charge in [0.1, 0.15) is 5.75 Å². The summed E-state index contributed by atoms with van der Waals surface area (Å²) in [5.74, 6) is 1.04. The van der Waals surface area contributed by atoms with E-state index in [2.05, 4.69) is 19.2 Å². The smallest absolute Gasteiger partial charge is 0.262 e. The van der Waals surface area contributed by atoms with Gasteiger partial charge >= 0.3 is 0 Å². The van der Waals surface area contributed by atoms with Gasteiger partial charge in [-0.1, -0.05) is 32.0 Å². The van der Waals surface area contributed by atoms with Crippen LogP contribution < -0.4 is 15.0 Å². The maximum Gasteiger partial charge on any atom is 0.262 e. The van der Waals surface area contributed by atoms with E-state index in [0.717, 1.165) is 30.6 Å². The number of aryl methyl sites for hydroxylation is 1. The third kappa shape index (κ3) is 4.91. The lowest BCUT2D eigenvalue weighted by Crippen LogP contribution is -2.35. The van der Waals surface area contributed by atoms with Gasteiger partial charge in [0.2, 0.25) is 5.91 Å². The molecule has 1 fully saturated rings. The van der Waals surface area contributed by atoms with Gasteiger partial charge in [0, 0.05) is 24.3 Å². The van der Waals surface area contributed by atoms with E-state index in [0.29, 0.717) is 23.8 Å². The largest absolute Gasteiger partial charge is 0.484 e. The van der Waals surface area contributed by atoms with Gasteiger partial charge in [0.15, 0.2) is 6.61 Å². The first kappa shape index (κ1) is 19.9. The Hall–Kier alpha value is -2.82. The Morgan fingerprint density at radius 3 is 2.57 bits per heavy atom. The maximum atomic E-state index is 12.3. The van der Waals surface area contributed by atoms with E-state index in [1.165, 1.54) is 5.56 Å². The van der Waals surface area contributed by atoms with Crippen molar-refractivity contribution in [2.24, 2.45) is 0 Å². The van der Waals surface area contributed by atoms with Gasteiger partial charge in [-0.2, -0.15) is 0 Å². The molecule has 1 N–H and O–H groups in total. The molecule has 1 aliphatic rings. The second-order valence-electron chi connectivity index (χ2n) is 7.56. The van der Waals surface area contributed by atoms with E-state index in [9.17, 15) is 9.59 Å². The van der Waals surface area contributed by atoms with E-state index in [1.54, 1.807) is 0 Å². The van der Waals surface area contributed by atoms with Crippen molar-refractivity contribution in [2.45, 2.75) is 46.0 Å². The zero-order valence-corrected chi connectivity index (χ0v) is 16.8. The highest BCUT2D eigenvalue weighted by molar-refractivity contribution is 5.97. The second kappa shape index (κ2) is 8.91. The molecule has 0 bridgehead atoms. The Balaban J connectivity index is 1.60. The fraction of sp³-hybridized carbons (Fsp3) is 0.391. The normalized spacial score (nSPS) is 14.3. The Kier molecular flexibility index (Phi) is 6.34. The van der Waals surface area contributed by atoms with Crippen molar-refractivity contribution in [2.75, 3.05) is 23.4 Å². The van der Waals surface area contributed by atoms with Crippen LogP contribution in [0, 0.1) is 6.92 Å². The number of carbonyl (C=O) groups is 2. The lowest BCUT2D eigenvalue weighted by molar-refractivity contribution is -0.119. The maximum absolute atomic E-state index is 12.3. The molecule has 2 amide bonds. The quantitative estimate of drug-likeness (QED) is 0.793. The van der Waals surface area contributed by atoms with Crippen molar-refractivity contribution < 1.29 is 14.3 Å². The van der Waals surface area contributed by atoms with E-state index in [1.807, 2.05) is 54.3 Å². The first-order valence-electron chi connectivity index (χ1n) is 9.87. The molecule has 2 aromatic rings. The summed E-state index contributed by atoms with van der Waals surface area (Å²) >= 11 is 0. The van der Waals surface area contributed by atoms with Gasteiger partial charge in [0.25, 0.3) is 5.91 Å². The Morgan fingerprint density at radius 1 is 1.14 bits per heavy atom. The van der Waals surface area contributed by atoms with Gasteiger partial charge in [0.05, 0.1) is 0 Å². The molecular weight excluding hydrogens is 352 g/mol. The number of benzene rings is 2. The molecule has 0 aromatic heterocycles. The molecule has 5 heteroatoms. The summed E-state index contributed by atoms with van der Waals surface area (Å²) in [6, 6.07) is 13.4. The van der Waals surface area contributed by atoms with Crippen molar-refractivity contribution in [3.05, 3.63) is 53.6 Å². The number of piperidine rings is 1. The SMILES string of the molecule is Cc1ccc(NC(=O)COc2ccc(C(C)C)cc2)cc1N1CCCCC1=O. The molecule has 0 aliphatic carbocycles. The van der Waals surface area contributed by atoms with Gasteiger partial charge in [-0.05, 0) is 61.1 Å². The Morgan fingerprint density at radius 2 is 1.89 bits per heavy atom. The van der Waals surface area contributed by atoms with Crippen LogP contribution in [0.25, 0.3) is 0 Å². The van der Waals surface area contributed by atoms with E-state index < -0.39 is 0 Å². The molecule has 1 saturated heterocycles. The monoisotopic (exact) mass is 380 g/mol. The van der Waals surface area contributed by atoms with Crippen molar-refractivity contribution in [1.29, 1.82) is 0 Å². The molecule has 1 aliphatic heterocycles. The van der Waals surface area contributed by atoms with E-state index >= 15 is 0 Å². The number of ether oxygens (including phenoxy) is 1. The second-order valence-corrected chi connectivity index (χ2v) is 7.56. The van der Waals surface area contributed by atoms with Crippen LogP contribution in [-0.4, -0.2) is 25.0 Å². The van der Waals surface area contributed by atoms with Crippen molar-refractivity contribution in [3.63, 3.8) is 0 Å². The molecule has 0 radical (unpaired) electrons. The number of amides is 2. The summed E-state index contributed by atoms with van der Waals surface area (Å²) in [5, 5.41) is 2.86. The lowest BCUT2D eigenvalue weighted by atomic mass is 10.0. The highest BCUT2D eigenvalue weighted by Gasteiger charge is 2.21. The third-order valence-electron chi connectivity index (χ3n) is 5.02. The fourth-order valence-electron chi connectivity index (χ4n) is 3.33. The van der Waals surface area contributed by atoms with Crippen LogP contribution >= 0.6 is 0 Å². The topological polar surface area (TPSA) is 58.6 Å². The number of rotatable bonds is 6. The minimum Gasteiger partial charge on any atom is -0.484 e. The first-order valence-corrected chi connectivity index (χ1v) is 9.87. The molecule has 0 atom stereocenters. The number of carbonyl (C=O) groups excluding carboxylic acids is 2. The third-order valence-corrected chi connectivity index (χ3v) is 5.02. The van der Waals surface area contributed by atoms with Crippen molar-refractivity contribution >= 4 is 23.2 Å². The van der Waals surface area contributed by atoms with Crippen LogP contribution in [0.15, 0.2) is 42.5 Å². The summed E-state index contributed by atoms with van der Waals surface area (Å²) in [5.41, 5.74) is 3.79. The molecule has 148 valence electrons. The average molecular weight is 380 g/mol. The number of nitrogens with one attached hydrogen (secondary N) is 1. The van der Waals surface area contributed by atoms with Gasteiger partial charge in [-0.25, -0.2) is 0 Å². The number of nitrogens with zero attached hydrogens (tertiary/aromatic N) is 1. The molecular formula is C23H28N2O3. The van der Waals surface area contributed by atoms with Crippen LogP contribution in [0.4, 0.5) is 11.4 Å². The summed E-state index contributed by atoms with van der Waals surface area (Å²) in [6.07, 6.45) is 2.53. The molecule has 2 aromatic carbocycles. The van der Waals surface area contributed by atoms with Gasteiger partial charge in [-0.15, -0.1) is 0 Å². The summed E-state index contributed by atoms with van der Waals surface area (Å²) < 4.78 is 5.59. The van der Waals surface area contributed by atoms with E-state index in [-0.39, 0.29) is 18.4 Å². The predicted octanol–water partition coefficient (Wildman–Crippen LogP) is 4.65. The van der Waals surface area contributed by atoms with Crippen molar-refractivity contribution in [1.82, 2.24) is 0 Å². The van der Waals surface area contributed by atoms with Gasteiger partial charge in [-0.3, -0.25) is 9.59 Å². The van der Waals surface area contributed by atoms with Crippen LogP contribution in [-0.2, 0) is 9.59 Å². The summed E-state index contributed by atoms with van der Waals surface area (Å²) in [4.78, 5) is 26.3. The zero-order chi connectivity index (χ0) is 20.1. The molecule has 5 nitrogen and oxygen atoms in total. The predicted molar refractivity (Wildman–Crippen MR) is 112 cm³/mol. The fourth-order valence-corrected chi connectivity index (χ4v) is 3.33. The molecule has 0 unspecified atom stereocenters. The minimum atomic E-state index is -0.229. The first-order chi connectivity index (χ1) is 13.4. The average Bonchev–Trinajstić information content (AvgIpc) is 2.69. The molecule has 1 heterocycles. The Labute approximate surface area is 166 Å². The number of hydrogen-bond acceptors (Lipinski definition) is 3. The molecule has 28 heavy (non-hydrogen) atoms. The van der Waals surface area contributed by atoms with Gasteiger partial charge < -0.3 is 15.0 Å². The summed E-state index contributed by atoms with van der Waals surface area (Å²) in [7, 11) is 0. The van der Waals surface area contributed by atoms with Crippen molar-refractivity contribution in [3.8, 4) is 5.75 Å². The standard InChI is InChI=1S/C23H28N2O3/c1-16(2)18-8-11-20(12-9-18)28-15-22(26)24-19-10-7-17(3)21(14-19)25-13-5-4-6-23(25)27/h7-12,14,16H,4-6,13,15H2,1-3H3,(H,24,26). The minimum absolute atomic E-state index is 0.0626. The van der Waals surface area contributed by atoms with Crippen LogP contribution in [0.5, 0.6) is 5.75 Å². The number of hydrogen-bond donors (Lipinski definition) is 1. The Bertz CT molecular complexity index is 843. The highest BCUT2D eigenvalue weighted by Crippen LogP contribution is 2.27. The molecule has 3 rings (SSSR count). The molecule has 0 saturated carbocycles.